The number of aryl methyl sites for hydroxylation is 1. The van der Waals surface area contributed by atoms with Gasteiger partial charge in [0.2, 0.25) is 0 Å². The summed E-state index contributed by atoms with van der Waals surface area (Å²) in [4.78, 5) is 17.6. The average molecular weight is 317 g/mol. The zero-order chi connectivity index (χ0) is 16.2. The van der Waals surface area contributed by atoms with Crippen molar-refractivity contribution in [1.82, 2.24) is 19.7 Å². The molecule has 0 unspecified atom stereocenters. The van der Waals surface area contributed by atoms with Crippen molar-refractivity contribution in [2.45, 2.75) is 32.2 Å². The molecule has 1 aliphatic heterocycles. The van der Waals surface area contributed by atoms with Crippen molar-refractivity contribution in [3.05, 3.63) is 42.2 Å². The molecule has 0 saturated carbocycles. The smallest absolute Gasteiger partial charge is 0.321 e. The van der Waals surface area contributed by atoms with Crippen molar-refractivity contribution in [3.63, 3.8) is 0 Å². The highest BCUT2D eigenvalue weighted by molar-refractivity contribution is 5.89. The lowest BCUT2D eigenvalue weighted by molar-refractivity contribution is 0.194. The van der Waals surface area contributed by atoms with Gasteiger partial charge in [0, 0.05) is 32.0 Å². The van der Waals surface area contributed by atoms with Crippen molar-refractivity contribution in [1.29, 1.82) is 0 Å². The number of nitrogens with one attached hydrogen (secondary N) is 1. The summed E-state index contributed by atoms with van der Waals surface area (Å²) in [5.41, 5.74) is 1.39. The van der Waals surface area contributed by atoms with E-state index in [1.165, 1.54) is 17.8 Å². The van der Waals surface area contributed by atoms with Crippen LogP contribution in [0.15, 0.2) is 30.9 Å². The quantitative estimate of drug-likeness (QED) is 0.947. The summed E-state index contributed by atoms with van der Waals surface area (Å²) in [6.07, 6.45) is 8.32. The molecule has 1 saturated heterocycles. The number of nitrogens with zero attached hydrogens (tertiary/aromatic N) is 4. The summed E-state index contributed by atoms with van der Waals surface area (Å²) in [5.74, 6) is -0.0975. The Balaban J connectivity index is 1.56. The minimum absolute atomic E-state index is 0.163. The predicted molar refractivity (Wildman–Crippen MR) is 84.7 cm³/mol. The second-order valence-electron chi connectivity index (χ2n) is 5.68. The summed E-state index contributed by atoms with van der Waals surface area (Å²) in [6, 6.07) is 1.19. The molecule has 3 heterocycles. The number of halogens is 1. The number of hydrogen-bond donors (Lipinski definition) is 1. The van der Waals surface area contributed by atoms with E-state index in [4.69, 9.17) is 0 Å². The maximum absolute atomic E-state index is 13.5. The standard InChI is InChI=1S/C16H20FN5O/c1-2-22-11-13(9-19-22)12-4-7-21(8-5-12)16(23)20-15-3-6-18-10-14(15)17/h3,6,9-12H,2,4-5,7-8H2,1H3,(H,18,20,23). The topological polar surface area (TPSA) is 63.1 Å². The lowest BCUT2D eigenvalue weighted by Crippen LogP contribution is -2.40. The Morgan fingerprint density at radius 3 is 2.83 bits per heavy atom. The van der Waals surface area contributed by atoms with Gasteiger partial charge in [0.05, 0.1) is 18.1 Å². The van der Waals surface area contributed by atoms with Gasteiger partial charge in [-0.25, -0.2) is 9.18 Å². The van der Waals surface area contributed by atoms with Crippen LogP contribution in [0.4, 0.5) is 14.9 Å². The molecule has 3 rings (SSSR count). The van der Waals surface area contributed by atoms with Crippen molar-refractivity contribution in [2.24, 2.45) is 0 Å². The molecular weight excluding hydrogens is 297 g/mol. The van der Waals surface area contributed by atoms with Crippen molar-refractivity contribution in [2.75, 3.05) is 18.4 Å². The number of anilines is 1. The molecule has 1 fully saturated rings. The molecular formula is C16H20FN5O. The van der Waals surface area contributed by atoms with E-state index in [1.54, 1.807) is 4.90 Å². The Labute approximate surface area is 134 Å². The number of rotatable bonds is 3. The van der Waals surface area contributed by atoms with Gasteiger partial charge in [-0.15, -0.1) is 0 Å². The van der Waals surface area contributed by atoms with Gasteiger partial charge in [0.25, 0.3) is 0 Å². The molecule has 6 nitrogen and oxygen atoms in total. The van der Waals surface area contributed by atoms with Crippen molar-refractivity contribution in [3.8, 4) is 0 Å². The first kappa shape index (κ1) is 15.5. The van der Waals surface area contributed by atoms with Gasteiger partial charge < -0.3 is 10.2 Å². The molecule has 0 aromatic carbocycles. The largest absolute Gasteiger partial charge is 0.324 e. The SMILES string of the molecule is CCn1cc(C2CCN(C(=O)Nc3ccncc3F)CC2)cn1. The zero-order valence-corrected chi connectivity index (χ0v) is 13.1. The number of hydrogen-bond acceptors (Lipinski definition) is 3. The van der Waals surface area contributed by atoms with E-state index >= 15 is 0 Å². The van der Waals surface area contributed by atoms with Crippen LogP contribution in [0.5, 0.6) is 0 Å². The van der Waals surface area contributed by atoms with Crippen LogP contribution < -0.4 is 5.32 Å². The van der Waals surface area contributed by atoms with E-state index in [1.807, 2.05) is 10.9 Å². The lowest BCUT2D eigenvalue weighted by Gasteiger charge is -2.31. The maximum Gasteiger partial charge on any atom is 0.321 e. The van der Waals surface area contributed by atoms with E-state index in [9.17, 15) is 9.18 Å². The van der Waals surface area contributed by atoms with E-state index in [2.05, 4.69) is 28.5 Å². The van der Waals surface area contributed by atoms with Crippen LogP contribution in [0.2, 0.25) is 0 Å². The van der Waals surface area contributed by atoms with Gasteiger partial charge in [-0.05, 0) is 37.3 Å². The van der Waals surface area contributed by atoms with Crippen LogP contribution in [0.3, 0.4) is 0 Å². The summed E-state index contributed by atoms with van der Waals surface area (Å²) in [6.45, 7) is 4.22. The van der Waals surface area contributed by atoms with Crippen LogP contribution in [0, 0.1) is 5.82 Å². The third-order valence-electron chi connectivity index (χ3n) is 4.24. The Kier molecular flexibility index (Phi) is 4.55. The number of aromatic nitrogens is 3. The molecule has 1 N–H and O–H groups in total. The normalized spacial score (nSPS) is 15.7. The molecule has 0 bridgehead atoms. The number of amides is 2. The highest BCUT2D eigenvalue weighted by atomic mass is 19.1. The molecule has 2 aromatic heterocycles. The fourth-order valence-electron chi connectivity index (χ4n) is 2.85. The fourth-order valence-corrected chi connectivity index (χ4v) is 2.85. The molecule has 2 aromatic rings. The highest BCUT2D eigenvalue weighted by Crippen LogP contribution is 2.28. The number of urea groups is 1. The minimum Gasteiger partial charge on any atom is -0.324 e. The van der Waals surface area contributed by atoms with Crippen LogP contribution in [-0.4, -0.2) is 38.8 Å². The Bertz CT molecular complexity index is 679. The number of pyridine rings is 1. The van der Waals surface area contributed by atoms with Crippen LogP contribution in [0.25, 0.3) is 0 Å². The summed E-state index contributed by atoms with van der Waals surface area (Å²) < 4.78 is 15.4. The summed E-state index contributed by atoms with van der Waals surface area (Å²) in [5, 5.41) is 6.91. The molecule has 0 spiro atoms. The number of carbonyl (C=O) groups is 1. The number of likely N-dealkylation sites (tertiary alicyclic amines) is 1. The lowest BCUT2D eigenvalue weighted by atomic mass is 9.92. The van der Waals surface area contributed by atoms with Gasteiger partial charge in [-0.3, -0.25) is 9.67 Å². The first-order chi connectivity index (χ1) is 11.2. The van der Waals surface area contributed by atoms with Crippen molar-refractivity contribution >= 4 is 11.7 Å². The number of piperidine rings is 1. The first-order valence-electron chi connectivity index (χ1n) is 7.85. The zero-order valence-electron chi connectivity index (χ0n) is 13.1. The van der Waals surface area contributed by atoms with E-state index in [0.29, 0.717) is 19.0 Å². The third-order valence-corrected chi connectivity index (χ3v) is 4.24. The summed E-state index contributed by atoms with van der Waals surface area (Å²) in [7, 11) is 0. The van der Waals surface area contributed by atoms with Crippen LogP contribution in [0.1, 0.15) is 31.2 Å². The van der Waals surface area contributed by atoms with E-state index < -0.39 is 5.82 Å². The van der Waals surface area contributed by atoms with Gasteiger partial charge in [-0.1, -0.05) is 0 Å². The molecule has 0 aliphatic carbocycles. The average Bonchev–Trinajstić information content (AvgIpc) is 3.06. The Morgan fingerprint density at radius 1 is 1.39 bits per heavy atom. The van der Waals surface area contributed by atoms with Crippen molar-refractivity contribution < 1.29 is 9.18 Å². The Hall–Kier alpha value is -2.44. The van der Waals surface area contributed by atoms with Crippen LogP contribution >= 0.6 is 0 Å². The second-order valence-corrected chi connectivity index (χ2v) is 5.68. The molecule has 23 heavy (non-hydrogen) atoms. The third kappa shape index (κ3) is 3.49. The number of carbonyl (C=O) groups excluding carboxylic acids is 1. The van der Waals surface area contributed by atoms with Gasteiger partial charge in [0.1, 0.15) is 0 Å². The van der Waals surface area contributed by atoms with Gasteiger partial charge >= 0.3 is 6.03 Å². The monoisotopic (exact) mass is 317 g/mol. The molecule has 0 radical (unpaired) electrons. The molecule has 122 valence electrons. The van der Waals surface area contributed by atoms with Gasteiger partial charge in [0.15, 0.2) is 5.82 Å². The molecule has 0 atom stereocenters. The highest BCUT2D eigenvalue weighted by Gasteiger charge is 2.25. The second kappa shape index (κ2) is 6.76. The summed E-state index contributed by atoms with van der Waals surface area (Å²) >= 11 is 0. The van der Waals surface area contributed by atoms with E-state index in [0.717, 1.165) is 25.6 Å². The molecule has 2 amide bonds. The predicted octanol–water partition coefficient (Wildman–Crippen LogP) is 2.85. The van der Waals surface area contributed by atoms with Gasteiger partial charge in [-0.2, -0.15) is 5.10 Å². The van der Waals surface area contributed by atoms with E-state index in [-0.39, 0.29) is 11.7 Å². The Morgan fingerprint density at radius 2 is 2.17 bits per heavy atom. The minimum atomic E-state index is -0.525. The molecule has 7 heteroatoms. The fraction of sp³-hybridized carbons (Fsp3) is 0.438. The first-order valence-corrected chi connectivity index (χ1v) is 7.85. The van der Waals surface area contributed by atoms with Crippen LogP contribution in [-0.2, 0) is 6.54 Å². The molecule has 1 aliphatic rings. The maximum atomic E-state index is 13.5.